The lowest BCUT2D eigenvalue weighted by Gasteiger charge is -2.09. The Hall–Kier alpha value is -2.56. The fourth-order valence-electron chi connectivity index (χ4n) is 1.59. The van der Waals surface area contributed by atoms with Gasteiger partial charge in [0.15, 0.2) is 6.73 Å². The summed E-state index contributed by atoms with van der Waals surface area (Å²) in [5.74, 6) is 1.22. The molecular formula is C15H17N3O2. The fraction of sp³-hybridized carbons (Fsp3) is 0.200. The van der Waals surface area contributed by atoms with Crippen LogP contribution in [0.3, 0.4) is 0 Å². The van der Waals surface area contributed by atoms with Crippen molar-refractivity contribution in [1.29, 1.82) is 0 Å². The molecule has 2 rings (SSSR count). The van der Waals surface area contributed by atoms with Crippen molar-refractivity contribution in [3.05, 3.63) is 53.7 Å². The van der Waals surface area contributed by atoms with E-state index >= 15 is 0 Å². The zero-order valence-corrected chi connectivity index (χ0v) is 11.5. The maximum Gasteiger partial charge on any atom is 0.323 e. The molecule has 2 N–H and O–H groups in total. The van der Waals surface area contributed by atoms with Crippen molar-refractivity contribution in [2.45, 2.75) is 13.8 Å². The Morgan fingerprint density at radius 3 is 2.60 bits per heavy atom. The van der Waals surface area contributed by atoms with E-state index in [1.165, 1.54) is 0 Å². The minimum atomic E-state index is -0.352. The van der Waals surface area contributed by atoms with Crippen molar-refractivity contribution in [2.24, 2.45) is 0 Å². The van der Waals surface area contributed by atoms with Gasteiger partial charge in [-0.05, 0) is 38.1 Å². The lowest BCUT2D eigenvalue weighted by Crippen LogP contribution is -2.32. The number of aromatic nitrogens is 1. The number of anilines is 1. The third-order valence-corrected chi connectivity index (χ3v) is 2.62. The van der Waals surface area contributed by atoms with Crippen LogP contribution < -0.4 is 15.4 Å². The Morgan fingerprint density at radius 2 is 1.90 bits per heavy atom. The number of hydrogen-bond donors (Lipinski definition) is 2. The van der Waals surface area contributed by atoms with E-state index in [2.05, 4.69) is 15.6 Å². The molecule has 0 radical (unpaired) electrons. The van der Waals surface area contributed by atoms with Crippen LogP contribution in [0.1, 0.15) is 11.3 Å². The third-order valence-electron chi connectivity index (χ3n) is 2.62. The lowest BCUT2D eigenvalue weighted by molar-refractivity contribution is 0.234. The quantitative estimate of drug-likeness (QED) is 0.840. The lowest BCUT2D eigenvalue weighted by atomic mass is 10.2. The molecule has 0 fully saturated rings. The van der Waals surface area contributed by atoms with Crippen LogP contribution in [-0.2, 0) is 0 Å². The fourth-order valence-corrected chi connectivity index (χ4v) is 1.59. The number of carbonyl (C=O) groups excluding carboxylic acids is 1. The van der Waals surface area contributed by atoms with E-state index in [4.69, 9.17) is 4.74 Å². The number of pyridine rings is 1. The van der Waals surface area contributed by atoms with Gasteiger partial charge in [-0.2, -0.15) is 0 Å². The highest BCUT2D eigenvalue weighted by Gasteiger charge is 2.02. The molecule has 1 heterocycles. The van der Waals surface area contributed by atoms with Crippen molar-refractivity contribution in [3.63, 3.8) is 0 Å². The van der Waals surface area contributed by atoms with Gasteiger partial charge in [-0.3, -0.25) is 5.32 Å². The van der Waals surface area contributed by atoms with Crippen molar-refractivity contribution in [2.75, 3.05) is 12.0 Å². The maximum atomic E-state index is 11.6. The number of amides is 2. The summed E-state index contributed by atoms with van der Waals surface area (Å²) in [5.41, 5.74) is 2.01. The summed E-state index contributed by atoms with van der Waals surface area (Å²) in [5, 5.41) is 5.24. The van der Waals surface area contributed by atoms with Gasteiger partial charge in [0, 0.05) is 5.69 Å². The van der Waals surface area contributed by atoms with E-state index in [9.17, 15) is 4.79 Å². The Labute approximate surface area is 118 Å². The van der Waals surface area contributed by atoms with Gasteiger partial charge in [0.1, 0.15) is 11.6 Å². The van der Waals surface area contributed by atoms with Crippen LogP contribution in [0.15, 0.2) is 42.5 Å². The van der Waals surface area contributed by atoms with Gasteiger partial charge < -0.3 is 10.1 Å². The van der Waals surface area contributed by atoms with E-state index < -0.39 is 0 Å². The van der Waals surface area contributed by atoms with Crippen LogP contribution >= 0.6 is 0 Å². The SMILES string of the molecule is Cc1ccc(OCNC(=O)Nc2cccc(C)n2)cc1. The minimum absolute atomic E-state index is 0.0979. The molecule has 0 aliphatic rings. The van der Waals surface area contributed by atoms with Gasteiger partial charge in [0.25, 0.3) is 0 Å². The van der Waals surface area contributed by atoms with E-state index in [0.29, 0.717) is 11.6 Å². The number of rotatable bonds is 4. The molecule has 1 aromatic heterocycles. The predicted octanol–water partition coefficient (Wildman–Crippen LogP) is 2.86. The summed E-state index contributed by atoms with van der Waals surface area (Å²) in [7, 11) is 0. The summed E-state index contributed by atoms with van der Waals surface area (Å²) in [6.07, 6.45) is 0. The second-order valence-corrected chi connectivity index (χ2v) is 4.40. The van der Waals surface area contributed by atoms with Gasteiger partial charge in [-0.15, -0.1) is 0 Å². The van der Waals surface area contributed by atoms with Gasteiger partial charge >= 0.3 is 6.03 Å². The second kappa shape index (κ2) is 6.56. The summed E-state index contributed by atoms with van der Waals surface area (Å²) >= 11 is 0. The molecule has 5 nitrogen and oxygen atoms in total. The molecule has 0 atom stereocenters. The second-order valence-electron chi connectivity index (χ2n) is 4.40. The Bertz CT molecular complexity index is 582. The summed E-state index contributed by atoms with van der Waals surface area (Å²) in [6, 6.07) is 12.7. The molecule has 0 saturated heterocycles. The molecule has 2 amide bonds. The van der Waals surface area contributed by atoms with E-state index in [1.807, 2.05) is 50.2 Å². The molecule has 20 heavy (non-hydrogen) atoms. The maximum absolute atomic E-state index is 11.6. The number of nitrogens with one attached hydrogen (secondary N) is 2. The van der Waals surface area contributed by atoms with Gasteiger partial charge in [0.05, 0.1) is 0 Å². The van der Waals surface area contributed by atoms with Crippen LogP contribution in [0.2, 0.25) is 0 Å². The molecular weight excluding hydrogens is 254 g/mol. The van der Waals surface area contributed by atoms with Crippen LogP contribution in [-0.4, -0.2) is 17.7 Å². The van der Waals surface area contributed by atoms with Crippen molar-refractivity contribution < 1.29 is 9.53 Å². The Kier molecular flexibility index (Phi) is 4.55. The molecule has 1 aromatic carbocycles. The molecule has 2 aromatic rings. The summed E-state index contributed by atoms with van der Waals surface area (Å²) < 4.78 is 5.40. The number of urea groups is 1. The van der Waals surface area contributed by atoms with Crippen LogP contribution in [0, 0.1) is 13.8 Å². The number of hydrogen-bond acceptors (Lipinski definition) is 3. The van der Waals surface area contributed by atoms with Gasteiger partial charge in [-0.25, -0.2) is 9.78 Å². The van der Waals surface area contributed by atoms with Crippen molar-refractivity contribution in [3.8, 4) is 5.75 Å². The molecule has 5 heteroatoms. The molecule has 104 valence electrons. The first kappa shape index (κ1) is 13.9. The number of ether oxygens (including phenoxy) is 1. The van der Waals surface area contributed by atoms with Crippen molar-refractivity contribution >= 4 is 11.8 Å². The molecule has 0 saturated carbocycles. The van der Waals surface area contributed by atoms with E-state index in [-0.39, 0.29) is 12.8 Å². The first-order chi connectivity index (χ1) is 9.63. The third kappa shape index (κ3) is 4.28. The first-order valence-electron chi connectivity index (χ1n) is 6.31. The topological polar surface area (TPSA) is 63.2 Å². The molecule has 0 aliphatic carbocycles. The zero-order valence-electron chi connectivity index (χ0n) is 11.5. The van der Waals surface area contributed by atoms with E-state index in [1.54, 1.807) is 6.07 Å². The number of aryl methyl sites for hydroxylation is 2. The number of carbonyl (C=O) groups is 1. The van der Waals surface area contributed by atoms with Crippen LogP contribution in [0.4, 0.5) is 10.6 Å². The van der Waals surface area contributed by atoms with Gasteiger partial charge in [-0.1, -0.05) is 23.8 Å². The number of nitrogens with zero attached hydrogens (tertiary/aromatic N) is 1. The summed E-state index contributed by atoms with van der Waals surface area (Å²) in [6.45, 7) is 3.97. The summed E-state index contributed by atoms with van der Waals surface area (Å²) in [4.78, 5) is 15.8. The normalized spacial score (nSPS) is 9.90. The van der Waals surface area contributed by atoms with E-state index in [0.717, 1.165) is 11.3 Å². The molecule has 0 aliphatic heterocycles. The van der Waals surface area contributed by atoms with Crippen molar-refractivity contribution in [1.82, 2.24) is 10.3 Å². The zero-order chi connectivity index (χ0) is 14.4. The smallest absolute Gasteiger partial charge is 0.323 e. The number of benzene rings is 1. The Balaban J connectivity index is 1.76. The standard InChI is InChI=1S/C15H17N3O2/c1-11-6-8-13(9-7-11)20-10-16-15(19)18-14-5-3-4-12(2)17-14/h3-9H,10H2,1-2H3,(H2,16,17,18,19). The monoisotopic (exact) mass is 271 g/mol. The average Bonchev–Trinajstić information content (AvgIpc) is 2.41. The average molecular weight is 271 g/mol. The van der Waals surface area contributed by atoms with Crippen LogP contribution in [0.5, 0.6) is 5.75 Å². The molecule has 0 unspecified atom stereocenters. The molecule has 0 spiro atoms. The molecule has 0 bridgehead atoms. The Morgan fingerprint density at radius 1 is 1.15 bits per heavy atom. The van der Waals surface area contributed by atoms with Gasteiger partial charge in [0.2, 0.25) is 0 Å². The predicted molar refractivity (Wildman–Crippen MR) is 77.8 cm³/mol. The highest BCUT2D eigenvalue weighted by molar-refractivity contribution is 5.88. The highest BCUT2D eigenvalue weighted by atomic mass is 16.5. The largest absolute Gasteiger partial charge is 0.473 e. The highest BCUT2D eigenvalue weighted by Crippen LogP contribution is 2.10. The minimum Gasteiger partial charge on any atom is -0.473 e. The van der Waals surface area contributed by atoms with Crippen LogP contribution in [0.25, 0.3) is 0 Å². The first-order valence-corrected chi connectivity index (χ1v) is 6.31.